The van der Waals surface area contributed by atoms with Gasteiger partial charge in [0.25, 0.3) is 0 Å². The van der Waals surface area contributed by atoms with Crippen molar-refractivity contribution in [3.63, 3.8) is 0 Å². The molecule has 0 saturated heterocycles. The van der Waals surface area contributed by atoms with Crippen LogP contribution >= 0.6 is 0 Å². The topological polar surface area (TPSA) is 86.6 Å². The molecule has 1 fully saturated rings. The van der Waals surface area contributed by atoms with Crippen molar-refractivity contribution in [1.29, 1.82) is 0 Å². The Morgan fingerprint density at radius 1 is 1.39 bits per heavy atom. The molecular weight excluding hydrogens is 234 g/mol. The van der Waals surface area contributed by atoms with Crippen molar-refractivity contribution in [2.75, 3.05) is 6.61 Å². The van der Waals surface area contributed by atoms with Crippen LogP contribution in [0, 0.1) is 11.3 Å². The van der Waals surface area contributed by atoms with Gasteiger partial charge in [-0.15, -0.1) is 0 Å². The minimum Gasteiger partial charge on any atom is -0.477 e. The molecule has 102 valence electrons. The average molecular weight is 255 g/mol. The fourth-order valence-corrected chi connectivity index (χ4v) is 1.83. The van der Waals surface area contributed by atoms with Gasteiger partial charge < -0.3 is 15.5 Å². The van der Waals surface area contributed by atoms with E-state index in [0.717, 1.165) is 6.42 Å². The van der Waals surface area contributed by atoms with Gasteiger partial charge in [-0.05, 0) is 31.1 Å². The van der Waals surface area contributed by atoms with Crippen molar-refractivity contribution >= 4 is 11.9 Å². The SMILES string of the molecule is CC1(C)C[C@@H]1C(=O)N/C(=C\CCCCO)C(=O)O. The minimum atomic E-state index is -1.12. The summed E-state index contributed by atoms with van der Waals surface area (Å²) in [7, 11) is 0. The summed E-state index contributed by atoms with van der Waals surface area (Å²) in [5.41, 5.74) is -0.0643. The Kier molecular flexibility index (Phi) is 4.90. The summed E-state index contributed by atoms with van der Waals surface area (Å²) in [6, 6.07) is 0. The Morgan fingerprint density at radius 3 is 2.44 bits per heavy atom. The molecule has 0 aromatic rings. The van der Waals surface area contributed by atoms with Gasteiger partial charge in [0.1, 0.15) is 5.70 Å². The van der Waals surface area contributed by atoms with Crippen LogP contribution in [0.15, 0.2) is 11.8 Å². The molecule has 0 radical (unpaired) electrons. The first-order valence-corrected chi connectivity index (χ1v) is 6.23. The maximum atomic E-state index is 11.8. The van der Waals surface area contributed by atoms with Crippen LogP contribution in [0.4, 0.5) is 0 Å². The van der Waals surface area contributed by atoms with E-state index in [1.807, 2.05) is 13.8 Å². The second-order valence-electron chi connectivity index (χ2n) is 5.38. The molecule has 1 aliphatic carbocycles. The van der Waals surface area contributed by atoms with Crippen LogP contribution in [-0.4, -0.2) is 28.7 Å². The number of aliphatic hydroxyl groups is 1. The van der Waals surface area contributed by atoms with E-state index in [4.69, 9.17) is 10.2 Å². The summed E-state index contributed by atoms with van der Waals surface area (Å²) in [5, 5.41) is 20.1. The lowest BCUT2D eigenvalue weighted by Crippen LogP contribution is -2.29. The third-order valence-corrected chi connectivity index (χ3v) is 3.28. The molecule has 1 aliphatic rings. The molecular formula is C13H21NO4. The van der Waals surface area contributed by atoms with Crippen molar-refractivity contribution in [2.45, 2.75) is 39.5 Å². The van der Waals surface area contributed by atoms with Crippen molar-refractivity contribution in [2.24, 2.45) is 11.3 Å². The van der Waals surface area contributed by atoms with Crippen LogP contribution in [0.1, 0.15) is 39.5 Å². The number of nitrogens with one attached hydrogen (secondary N) is 1. The lowest BCUT2D eigenvalue weighted by atomic mass is 10.1. The molecule has 0 heterocycles. The Labute approximate surface area is 107 Å². The van der Waals surface area contributed by atoms with E-state index in [-0.39, 0.29) is 29.5 Å². The zero-order chi connectivity index (χ0) is 13.8. The minimum absolute atomic E-state index is 0.00934. The molecule has 0 unspecified atom stereocenters. The van der Waals surface area contributed by atoms with Gasteiger partial charge in [0, 0.05) is 12.5 Å². The molecule has 5 heteroatoms. The fraction of sp³-hybridized carbons (Fsp3) is 0.692. The highest BCUT2D eigenvalue weighted by atomic mass is 16.4. The number of amides is 1. The predicted octanol–water partition coefficient (Wildman–Crippen LogP) is 1.28. The van der Waals surface area contributed by atoms with Crippen molar-refractivity contribution in [3.8, 4) is 0 Å². The summed E-state index contributed by atoms with van der Waals surface area (Å²) in [4.78, 5) is 22.7. The van der Waals surface area contributed by atoms with E-state index < -0.39 is 5.97 Å². The summed E-state index contributed by atoms with van der Waals surface area (Å²) < 4.78 is 0. The molecule has 1 atom stereocenters. The number of rotatable bonds is 7. The number of carbonyl (C=O) groups is 2. The van der Waals surface area contributed by atoms with Gasteiger partial charge in [0.15, 0.2) is 0 Å². The standard InChI is InChI=1S/C13H21NO4/c1-13(2)8-9(13)11(16)14-10(12(17)18)6-4-3-5-7-15/h6,9,15H,3-5,7-8H2,1-2H3,(H,14,16)(H,17,18)/b10-6-/t9-/m1/s1. The number of hydrogen-bond donors (Lipinski definition) is 3. The molecule has 5 nitrogen and oxygen atoms in total. The number of unbranched alkanes of at least 4 members (excludes halogenated alkanes) is 2. The Hall–Kier alpha value is -1.36. The molecule has 0 aromatic carbocycles. The molecule has 1 amide bonds. The Balaban J connectivity index is 2.48. The highest BCUT2D eigenvalue weighted by molar-refractivity contribution is 5.94. The lowest BCUT2D eigenvalue weighted by Gasteiger charge is -2.07. The van der Waals surface area contributed by atoms with Gasteiger partial charge in [0.05, 0.1) is 0 Å². The van der Waals surface area contributed by atoms with Crippen LogP contribution in [0.3, 0.4) is 0 Å². The molecule has 0 bridgehead atoms. The smallest absolute Gasteiger partial charge is 0.352 e. The maximum absolute atomic E-state index is 11.8. The van der Waals surface area contributed by atoms with Crippen LogP contribution in [0.2, 0.25) is 0 Å². The lowest BCUT2D eigenvalue weighted by molar-refractivity contribution is -0.135. The van der Waals surface area contributed by atoms with Gasteiger partial charge in [-0.1, -0.05) is 19.9 Å². The number of aliphatic hydroxyl groups excluding tert-OH is 1. The Bertz CT molecular complexity index is 360. The molecule has 1 saturated carbocycles. The Morgan fingerprint density at radius 2 is 2.00 bits per heavy atom. The second kappa shape index (κ2) is 6.00. The summed E-state index contributed by atoms with van der Waals surface area (Å²) in [6.07, 6.45) is 4.18. The van der Waals surface area contributed by atoms with E-state index in [1.165, 1.54) is 6.08 Å². The first-order chi connectivity index (χ1) is 8.38. The quantitative estimate of drug-likeness (QED) is 0.472. The first kappa shape index (κ1) is 14.7. The summed E-state index contributed by atoms with van der Waals surface area (Å²) >= 11 is 0. The average Bonchev–Trinajstić information content (AvgIpc) is 2.92. The van der Waals surface area contributed by atoms with E-state index in [2.05, 4.69) is 5.32 Å². The van der Waals surface area contributed by atoms with Gasteiger partial charge in [0.2, 0.25) is 5.91 Å². The monoisotopic (exact) mass is 255 g/mol. The fourth-order valence-electron chi connectivity index (χ4n) is 1.83. The molecule has 1 rings (SSSR count). The zero-order valence-electron chi connectivity index (χ0n) is 10.9. The van der Waals surface area contributed by atoms with Crippen LogP contribution in [0.25, 0.3) is 0 Å². The zero-order valence-corrected chi connectivity index (χ0v) is 10.9. The van der Waals surface area contributed by atoms with Crippen molar-refractivity contribution in [1.82, 2.24) is 5.32 Å². The van der Waals surface area contributed by atoms with E-state index in [0.29, 0.717) is 19.3 Å². The van der Waals surface area contributed by atoms with Gasteiger partial charge in [-0.2, -0.15) is 0 Å². The van der Waals surface area contributed by atoms with Crippen LogP contribution in [0.5, 0.6) is 0 Å². The third-order valence-electron chi connectivity index (χ3n) is 3.28. The van der Waals surface area contributed by atoms with Gasteiger partial charge >= 0.3 is 5.97 Å². The van der Waals surface area contributed by atoms with Crippen molar-refractivity contribution < 1.29 is 19.8 Å². The first-order valence-electron chi connectivity index (χ1n) is 6.23. The van der Waals surface area contributed by atoms with E-state index in [1.54, 1.807) is 0 Å². The molecule has 0 aliphatic heterocycles. The third kappa shape index (κ3) is 4.14. The number of allylic oxidation sites excluding steroid dienone is 1. The van der Waals surface area contributed by atoms with Crippen molar-refractivity contribution in [3.05, 3.63) is 11.8 Å². The number of carbonyl (C=O) groups excluding carboxylic acids is 1. The maximum Gasteiger partial charge on any atom is 0.352 e. The normalized spacial score (nSPS) is 21.5. The number of carboxylic acid groups (broad SMARTS) is 1. The summed E-state index contributed by atoms with van der Waals surface area (Å²) in [6.45, 7) is 4.07. The highest BCUT2D eigenvalue weighted by Crippen LogP contribution is 2.51. The number of hydrogen-bond acceptors (Lipinski definition) is 3. The molecule has 3 N–H and O–H groups in total. The molecule has 18 heavy (non-hydrogen) atoms. The van der Waals surface area contributed by atoms with Gasteiger partial charge in [-0.25, -0.2) is 4.79 Å². The van der Waals surface area contributed by atoms with E-state index >= 15 is 0 Å². The largest absolute Gasteiger partial charge is 0.477 e. The number of aliphatic carboxylic acids is 1. The molecule has 0 aromatic heterocycles. The second-order valence-corrected chi connectivity index (χ2v) is 5.38. The van der Waals surface area contributed by atoms with Crippen LogP contribution in [-0.2, 0) is 9.59 Å². The highest BCUT2D eigenvalue weighted by Gasteiger charge is 2.50. The molecule has 0 spiro atoms. The number of carboxylic acids is 1. The summed E-state index contributed by atoms with van der Waals surface area (Å²) in [5.74, 6) is -1.42. The van der Waals surface area contributed by atoms with Crippen LogP contribution < -0.4 is 5.32 Å². The van der Waals surface area contributed by atoms with Gasteiger partial charge in [-0.3, -0.25) is 4.79 Å². The van der Waals surface area contributed by atoms with E-state index in [9.17, 15) is 9.59 Å². The predicted molar refractivity (Wildman–Crippen MR) is 66.7 cm³/mol.